The van der Waals surface area contributed by atoms with Gasteiger partial charge in [-0.3, -0.25) is 0 Å². The zero-order chi connectivity index (χ0) is 18.7. The molecule has 1 aromatic heterocycles. The highest BCUT2D eigenvalue weighted by Crippen LogP contribution is 2.49. The Morgan fingerprint density at radius 2 is 1.67 bits per heavy atom. The molecule has 2 atom stereocenters. The Balaban J connectivity index is 1.76. The number of aromatic nitrogens is 2. The van der Waals surface area contributed by atoms with Crippen molar-refractivity contribution in [3.8, 4) is 6.07 Å². The van der Waals surface area contributed by atoms with Gasteiger partial charge in [0, 0.05) is 24.9 Å². The lowest BCUT2D eigenvalue weighted by molar-refractivity contribution is 0.379. The monoisotopic (exact) mass is 355 g/mol. The van der Waals surface area contributed by atoms with Crippen LogP contribution in [0.15, 0.2) is 73.1 Å². The van der Waals surface area contributed by atoms with E-state index in [1.165, 1.54) is 0 Å². The van der Waals surface area contributed by atoms with Gasteiger partial charge >= 0.3 is 0 Å². The molecule has 4 rings (SSSR count). The molecule has 3 heteroatoms. The lowest BCUT2D eigenvalue weighted by Gasteiger charge is -2.34. The number of benzene rings is 2. The van der Waals surface area contributed by atoms with Crippen LogP contribution in [-0.2, 0) is 11.8 Å². The van der Waals surface area contributed by atoms with Gasteiger partial charge in [-0.25, -0.2) is 4.98 Å². The molecule has 3 aromatic rings. The summed E-state index contributed by atoms with van der Waals surface area (Å²) in [6, 6.07) is 23.8. The largest absolute Gasteiger partial charge is 0.332 e. The number of hydrogen-bond donors (Lipinski definition) is 0. The van der Waals surface area contributed by atoms with Crippen molar-refractivity contribution in [1.82, 2.24) is 9.55 Å². The van der Waals surface area contributed by atoms with Crippen LogP contribution in [0.1, 0.15) is 49.2 Å². The minimum absolute atomic E-state index is 0.282. The molecule has 0 bridgehead atoms. The zero-order valence-corrected chi connectivity index (χ0v) is 15.8. The predicted molar refractivity (Wildman–Crippen MR) is 107 cm³/mol. The average molecular weight is 355 g/mol. The van der Waals surface area contributed by atoms with Gasteiger partial charge < -0.3 is 4.57 Å². The van der Waals surface area contributed by atoms with E-state index in [0.717, 1.165) is 42.6 Å². The first-order chi connectivity index (χ1) is 13.3. The lowest BCUT2D eigenvalue weighted by Crippen LogP contribution is -2.34. The van der Waals surface area contributed by atoms with Gasteiger partial charge in [0.15, 0.2) is 0 Å². The molecule has 0 unspecified atom stereocenters. The Kier molecular flexibility index (Phi) is 4.81. The molecule has 0 N–H and O–H groups in total. The van der Waals surface area contributed by atoms with Crippen LogP contribution in [0.5, 0.6) is 0 Å². The van der Waals surface area contributed by atoms with Gasteiger partial charge in [-0.15, -0.1) is 0 Å². The number of aryl methyl sites for hydroxylation is 1. The fraction of sp³-hybridized carbons (Fsp3) is 0.333. The molecule has 0 amide bonds. The summed E-state index contributed by atoms with van der Waals surface area (Å²) in [5.41, 5.74) is 1.60. The van der Waals surface area contributed by atoms with Crippen molar-refractivity contribution in [3.05, 3.63) is 90.0 Å². The average Bonchev–Trinajstić information content (AvgIpc) is 3.40. The number of nitriles is 1. The van der Waals surface area contributed by atoms with Crippen LogP contribution in [-0.4, -0.2) is 9.55 Å². The highest BCUT2D eigenvalue weighted by atomic mass is 15.1. The second kappa shape index (κ2) is 7.40. The maximum Gasteiger partial charge on any atom is 0.110 e. The Bertz CT molecular complexity index is 882. The maximum absolute atomic E-state index is 10.5. The van der Waals surface area contributed by atoms with E-state index in [1.807, 2.05) is 42.6 Å². The fourth-order valence-corrected chi connectivity index (χ4v) is 4.81. The molecule has 1 fully saturated rings. The van der Waals surface area contributed by atoms with Crippen LogP contribution in [0.2, 0.25) is 0 Å². The normalized spacial score (nSPS) is 19.7. The van der Waals surface area contributed by atoms with Gasteiger partial charge in [0.2, 0.25) is 0 Å². The van der Waals surface area contributed by atoms with Crippen LogP contribution in [0.25, 0.3) is 0 Å². The van der Waals surface area contributed by atoms with Crippen molar-refractivity contribution in [1.29, 1.82) is 5.26 Å². The third-order valence-electron chi connectivity index (χ3n) is 6.11. The topological polar surface area (TPSA) is 41.6 Å². The van der Waals surface area contributed by atoms with Gasteiger partial charge in [-0.05, 0) is 36.3 Å². The van der Waals surface area contributed by atoms with Crippen molar-refractivity contribution in [2.24, 2.45) is 5.92 Å². The maximum atomic E-state index is 10.5. The summed E-state index contributed by atoms with van der Waals surface area (Å²) in [7, 11) is 0. The summed E-state index contributed by atoms with van der Waals surface area (Å²) in [5.74, 6) is 1.42. The van der Waals surface area contributed by atoms with Crippen molar-refractivity contribution in [3.63, 3.8) is 0 Å². The number of imidazole rings is 1. The smallest absolute Gasteiger partial charge is 0.110 e. The molecule has 136 valence electrons. The first kappa shape index (κ1) is 17.5. The second-order valence-corrected chi connectivity index (χ2v) is 7.42. The van der Waals surface area contributed by atoms with Crippen molar-refractivity contribution in [2.75, 3.05) is 0 Å². The SMILES string of the molecule is CCc1nccn1[C@H]1CC[C@@H](C(C#N)(c2ccccc2)c2ccccc2)C1. The number of rotatable bonds is 5. The zero-order valence-electron chi connectivity index (χ0n) is 15.8. The Labute approximate surface area is 161 Å². The molecule has 0 spiro atoms. The highest BCUT2D eigenvalue weighted by Gasteiger charge is 2.46. The molecular weight excluding hydrogens is 330 g/mol. The predicted octanol–water partition coefficient (Wildman–Crippen LogP) is 5.30. The molecule has 1 heterocycles. The molecule has 0 aliphatic heterocycles. The van der Waals surface area contributed by atoms with E-state index in [2.05, 4.69) is 53.0 Å². The Hall–Kier alpha value is -2.86. The van der Waals surface area contributed by atoms with Gasteiger partial charge in [0.1, 0.15) is 11.2 Å². The quantitative estimate of drug-likeness (QED) is 0.623. The van der Waals surface area contributed by atoms with Crippen LogP contribution in [0, 0.1) is 17.2 Å². The van der Waals surface area contributed by atoms with Gasteiger partial charge in [0.05, 0.1) is 6.07 Å². The van der Waals surface area contributed by atoms with E-state index in [9.17, 15) is 5.26 Å². The summed E-state index contributed by atoms with van der Waals surface area (Å²) in [5, 5.41) is 10.5. The van der Waals surface area contributed by atoms with Crippen LogP contribution in [0.3, 0.4) is 0 Å². The van der Waals surface area contributed by atoms with Gasteiger partial charge in [-0.2, -0.15) is 5.26 Å². The van der Waals surface area contributed by atoms with Crippen LogP contribution >= 0.6 is 0 Å². The minimum atomic E-state index is -0.607. The van der Waals surface area contributed by atoms with Gasteiger partial charge in [0.25, 0.3) is 0 Å². The molecule has 27 heavy (non-hydrogen) atoms. The second-order valence-electron chi connectivity index (χ2n) is 7.42. The third-order valence-corrected chi connectivity index (χ3v) is 6.11. The lowest BCUT2D eigenvalue weighted by atomic mass is 9.66. The number of hydrogen-bond acceptors (Lipinski definition) is 2. The summed E-state index contributed by atoms with van der Waals surface area (Å²) in [6.45, 7) is 2.15. The molecule has 0 saturated heterocycles. The molecule has 1 aliphatic rings. The Morgan fingerprint density at radius 3 is 2.22 bits per heavy atom. The summed E-state index contributed by atoms with van der Waals surface area (Å²) in [6.07, 6.45) is 8.08. The van der Waals surface area contributed by atoms with Gasteiger partial charge in [-0.1, -0.05) is 67.6 Å². The molecule has 2 aromatic carbocycles. The highest BCUT2D eigenvalue weighted by molar-refractivity contribution is 5.47. The van der Waals surface area contributed by atoms with Crippen molar-refractivity contribution >= 4 is 0 Å². The van der Waals surface area contributed by atoms with E-state index in [-0.39, 0.29) is 5.92 Å². The summed E-state index contributed by atoms with van der Waals surface area (Å²) >= 11 is 0. The van der Waals surface area contributed by atoms with E-state index in [4.69, 9.17) is 0 Å². The fourth-order valence-electron chi connectivity index (χ4n) is 4.81. The molecule has 3 nitrogen and oxygen atoms in total. The van der Waals surface area contributed by atoms with Crippen LogP contribution < -0.4 is 0 Å². The number of nitrogens with zero attached hydrogens (tertiary/aromatic N) is 3. The van der Waals surface area contributed by atoms with E-state index < -0.39 is 5.41 Å². The van der Waals surface area contributed by atoms with E-state index >= 15 is 0 Å². The van der Waals surface area contributed by atoms with Crippen molar-refractivity contribution in [2.45, 2.75) is 44.1 Å². The standard InChI is InChI=1S/C24H25N3/c1-2-23-26-15-16-27(23)22-14-13-21(17-22)24(18-25,19-9-5-3-6-10-19)20-11-7-4-8-12-20/h3-12,15-16,21-22H,2,13-14,17H2,1H3/t21-,22+/m1/s1. The first-order valence-electron chi connectivity index (χ1n) is 9.83. The van der Waals surface area contributed by atoms with Crippen molar-refractivity contribution < 1.29 is 0 Å². The third kappa shape index (κ3) is 2.96. The van der Waals surface area contributed by atoms with E-state index in [0.29, 0.717) is 6.04 Å². The van der Waals surface area contributed by atoms with Crippen LogP contribution in [0.4, 0.5) is 0 Å². The molecular formula is C24H25N3. The Morgan fingerprint density at radius 1 is 1.04 bits per heavy atom. The molecule has 1 aliphatic carbocycles. The summed E-state index contributed by atoms with van der Waals surface area (Å²) in [4.78, 5) is 4.50. The summed E-state index contributed by atoms with van der Waals surface area (Å²) < 4.78 is 2.33. The first-order valence-corrected chi connectivity index (χ1v) is 9.83. The minimum Gasteiger partial charge on any atom is -0.332 e. The van der Waals surface area contributed by atoms with E-state index in [1.54, 1.807) is 0 Å². The molecule has 0 radical (unpaired) electrons. The molecule has 1 saturated carbocycles.